The van der Waals surface area contributed by atoms with Crippen molar-refractivity contribution in [3.8, 4) is 0 Å². The van der Waals surface area contributed by atoms with Crippen LogP contribution in [0.5, 0.6) is 0 Å². The predicted octanol–water partition coefficient (Wildman–Crippen LogP) is 1.43. The van der Waals surface area contributed by atoms with Gasteiger partial charge < -0.3 is 10.0 Å². The Morgan fingerprint density at radius 1 is 1.50 bits per heavy atom. The molecule has 0 spiro atoms. The lowest BCUT2D eigenvalue weighted by molar-refractivity contribution is -0.137. The Hall–Kier alpha value is -1.85. The number of aromatic amines is 1. The third-order valence-corrected chi connectivity index (χ3v) is 2.60. The summed E-state index contributed by atoms with van der Waals surface area (Å²) in [5, 5.41) is 15.3. The molecule has 0 saturated carbocycles. The number of carboxylic acid groups (broad SMARTS) is 1. The van der Waals surface area contributed by atoms with Crippen molar-refractivity contribution in [3.63, 3.8) is 0 Å². The Bertz CT molecular complexity index is 426. The molecule has 1 amide bonds. The van der Waals surface area contributed by atoms with Gasteiger partial charge in [-0.1, -0.05) is 0 Å². The zero-order valence-electron chi connectivity index (χ0n) is 10.9. The number of aryl methyl sites for hydroxylation is 1. The molecule has 0 saturated heterocycles. The summed E-state index contributed by atoms with van der Waals surface area (Å²) in [5.41, 5.74) is 1.20. The summed E-state index contributed by atoms with van der Waals surface area (Å²) in [6.07, 6.45) is 0.513. The molecule has 0 atom stereocenters. The molecule has 100 valence electrons. The molecular formula is C12H19N3O3. The molecule has 1 aromatic rings. The molecule has 0 fully saturated rings. The first-order valence-electron chi connectivity index (χ1n) is 5.96. The lowest BCUT2D eigenvalue weighted by atomic mass is 10.2. The van der Waals surface area contributed by atoms with Crippen molar-refractivity contribution in [2.45, 2.75) is 39.7 Å². The first-order valence-corrected chi connectivity index (χ1v) is 5.96. The predicted molar refractivity (Wildman–Crippen MR) is 66.4 cm³/mol. The fourth-order valence-electron chi connectivity index (χ4n) is 1.67. The van der Waals surface area contributed by atoms with Crippen LogP contribution in [0.3, 0.4) is 0 Å². The van der Waals surface area contributed by atoms with E-state index < -0.39 is 5.97 Å². The molecule has 18 heavy (non-hydrogen) atoms. The molecule has 0 aliphatic carbocycles. The maximum absolute atomic E-state index is 12.2. The molecule has 0 aromatic carbocycles. The standard InChI is InChI=1S/C12H19N3O3/c1-8(2)15(6-4-5-11(16)17)12(18)10-7-9(3)13-14-10/h7-8H,4-6H2,1-3H3,(H,13,14)(H,16,17). The summed E-state index contributed by atoms with van der Waals surface area (Å²) in [4.78, 5) is 24.3. The largest absolute Gasteiger partial charge is 0.481 e. The van der Waals surface area contributed by atoms with E-state index in [0.29, 0.717) is 18.7 Å². The van der Waals surface area contributed by atoms with Gasteiger partial charge in [-0.3, -0.25) is 14.7 Å². The zero-order valence-corrected chi connectivity index (χ0v) is 10.9. The van der Waals surface area contributed by atoms with E-state index >= 15 is 0 Å². The SMILES string of the molecule is Cc1cc(C(=O)N(CCCC(=O)O)C(C)C)n[nH]1. The second kappa shape index (κ2) is 6.18. The van der Waals surface area contributed by atoms with E-state index in [-0.39, 0.29) is 18.4 Å². The number of aromatic nitrogens is 2. The molecule has 1 heterocycles. The van der Waals surface area contributed by atoms with E-state index in [0.717, 1.165) is 5.69 Å². The summed E-state index contributed by atoms with van der Waals surface area (Å²) in [6.45, 7) is 6.05. The summed E-state index contributed by atoms with van der Waals surface area (Å²) < 4.78 is 0. The Labute approximate surface area is 106 Å². The number of aliphatic carboxylic acids is 1. The molecule has 0 aliphatic heterocycles. The van der Waals surface area contributed by atoms with Gasteiger partial charge in [-0.2, -0.15) is 5.10 Å². The van der Waals surface area contributed by atoms with Crippen LogP contribution >= 0.6 is 0 Å². The fourth-order valence-corrected chi connectivity index (χ4v) is 1.67. The van der Waals surface area contributed by atoms with Crippen LogP contribution in [-0.4, -0.2) is 44.7 Å². The van der Waals surface area contributed by atoms with Crippen LogP contribution < -0.4 is 0 Å². The topological polar surface area (TPSA) is 86.3 Å². The lowest BCUT2D eigenvalue weighted by Gasteiger charge is -2.25. The Morgan fingerprint density at radius 2 is 2.17 bits per heavy atom. The van der Waals surface area contributed by atoms with Crippen LogP contribution in [0, 0.1) is 6.92 Å². The number of carboxylic acids is 1. The van der Waals surface area contributed by atoms with Crippen molar-refractivity contribution in [2.75, 3.05) is 6.54 Å². The van der Waals surface area contributed by atoms with Gasteiger partial charge in [0.2, 0.25) is 0 Å². The lowest BCUT2D eigenvalue weighted by Crippen LogP contribution is -2.38. The van der Waals surface area contributed by atoms with Gasteiger partial charge in [-0.15, -0.1) is 0 Å². The molecule has 0 unspecified atom stereocenters. The number of carbonyl (C=O) groups is 2. The van der Waals surface area contributed by atoms with Crippen molar-refractivity contribution < 1.29 is 14.7 Å². The van der Waals surface area contributed by atoms with E-state index in [9.17, 15) is 9.59 Å². The van der Waals surface area contributed by atoms with Crippen LogP contribution in [-0.2, 0) is 4.79 Å². The number of hydrogen-bond acceptors (Lipinski definition) is 3. The molecule has 2 N–H and O–H groups in total. The van der Waals surface area contributed by atoms with Crippen molar-refractivity contribution in [1.82, 2.24) is 15.1 Å². The number of hydrogen-bond donors (Lipinski definition) is 2. The van der Waals surface area contributed by atoms with Gasteiger partial charge in [0.15, 0.2) is 0 Å². The maximum atomic E-state index is 12.2. The third kappa shape index (κ3) is 3.87. The first-order chi connectivity index (χ1) is 8.41. The van der Waals surface area contributed by atoms with Gasteiger partial charge in [0.25, 0.3) is 5.91 Å². The summed E-state index contributed by atoms with van der Waals surface area (Å²) >= 11 is 0. The number of H-pyrrole nitrogens is 1. The molecule has 6 heteroatoms. The smallest absolute Gasteiger partial charge is 0.303 e. The summed E-state index contributed by atoms with van der Waals surface area (Å²) in [6, 6.07) is 1.71. The molecule has 6 nitrogen and oxygen atoms in total. The Kier molecular flexibility index (Phi) is 4.88. The normalized spacial score (nSPS) is 10.7. The van der Waals surface area contributed by atoms with E-state index in [4.69, 9.17) is 5.11 Å². The molecule has 0 bridgehead atoms. The number of rotatable bonds is 6. The molecule has 1 aromatic heterocycles. The van der Waals surface area contributed by atoms with Crippen molar-refractivity contribution in [1.29, 1.82) is 0 Å². The summed E-state index contributed by atoms with van der Waals surface area (Å²) in [5.74, 6) is -1.01. The van der Waals surface area contributed by atoms with Crippen molar-refractivity contribution in [2.24, 2.45) is 0 Å². The second-order valence-corrected chi connectivity index (χ2v) is 4.53. The highest BCUT2D eigenvalue weighted by atomic mass is 16.4. The number of nitrogens with one attached hydrogen (secondary N) is 1. The average molecular weight is 253 g/mol. The fraction of sp³-hybridized carbons (Fsp3) is 0.583. The van der Waals surface area contributed by atoms with Crippen LogP contribution in [0.1, 0.15) is 42.9 Å². The van der Waals surface area contributed by atoms with Gasteiger partial charge >= 0.3 is 5.97 Å². The Balaban J connectivity index is 2.67. The Morgan fingerprint density at radius 3 is 2.61 bits per heavy atom. The summed E-state index contributed by atoms with van der Waals surface area (Å²) in [7, 11) is 0. The highest BCUT2D eigenvalue weighted by molar-refractivity contribution is 5.92. The number of nitrogens with zero attached hydrogens (tertiary/aromatic N) is 2. The quantitative estimate of drug-likeness (QED) is 0.803. The minimum atomic E-state index is -0.846. The molecule has 0 radical (unpaired) electrons. The molecule has 1 rings (SSSR count). The highest BCUT2D eigenvalue weighted by Gasteiger charge is 2.20. The monoisotopic (exact) mass is 253 g/mol. The van der Waals surface area contributed by atoms with E-state index in [1.54, 1.807) is 11.0 Å². The number of carbonyl (C=O) groups excluding carboxylic acids is 1. The number of amides is 1. The highest BCUT2D eigenvalue weighted by Crippen LogP contribution is 2.09. The van der Waals surface area contributed by atoms with Gasteiger partial charge in [0.1, 0.15) is 5.69 Å². The van der Waals surface area contributed by atoms with Crippen LogP contribution in [0.25, 0.3) is 0 Å². The van der Waals surface area contributed by atoms with E-state index in [1.165, 1.54) is 0 Å². The van der Waals surface area contributed by atoms with Gasteiger partial charge in [-0.05, 0) is 33.3 Å². The van der Waals surface area contributed by atoms with Gasteiger partial charge in [0.05, 0.1) is 0 Å². The minimum Gasteiger partial charge on any atom is -0.481 e. The second-order valence-electron chi connectivity index (χ2n) is 4.53. The van der Waals surface area contributed by atoms with E-state index in [2.05, 4.69) is 10.2 Å². The van der Waals surface area contributed by atoms with Gasteiger partial charge in [0, 0.05) is 24.7 Å². The minimum absolute atomic E-state index is 0.0169. The van der Waals surface area contributed by atoms with Crippen molar-refractivity contribution in [3.05, 3.63) is 17.5 Å². The molecular weight excluding hydrogens is 234 g/mol. The van der Waals surface area contributed by atoms with E-state index in [1.807, 2.05) is 20.8 Å². The van der Waals surface area contributed by atoms with Gasteiger partial charge in [-0.25, -0.2) is 0 Å². The maximum Gasteiger partial charge on any atom is 0.303 e. The van der Waals surface area contributed by atoms with Crippen LogP contribution in [0.15, 0.2) is 6.07 Å². The molecule has 0 aliphatic rings. The van der Waals surface area contributed by atoms with Crippen molar-refractivity contribution >= 4 is 11.9 Å². The van der Waals surface area contributed by atoms with Crippen LogP contribution in [0.4, 0.5) is 0 Å². The van der Waals surface area contributed by atoms with Crippen LogP contribution in [0.2, 0.25) is 0 Å². The zero-order chi connectivity index (χ0) is 13.7. The third-order valence-electron chi connectivity index (χ3n) is 2.60. The first kappa shape index (κ1) is 14.2. The average Bonchev–Trinajstić information content (AvgIpc) is 2.69.